The second kappa shape index (κ2) is 6.90. The van der Waals surface area contributed by atoms with Gasteiger partial charge in [0.15, 0.2) is 5.76 Å². The number of carbonyl (C=O) groups is 2. The maximum Gasteiger partial charge on any atom is 0.290 e. The minimum absolute atomic E-state index is 0.0441. The number of carbonyl (C=O) groups excluding carboxylic acids is 2. The van der Waals surface area contributed by atoms with E-state index in [4.69, 9.17) is 11.6 Å². The zero-order valence-corrected chi connectivity index (χ0v) is 15.0. The lowest BCUT2D eigenvalue weighted by Crippen LogP contribution is -2.31. The van der Waals surface area contributed by atoms with E-state index in [2.05, 4.69) is 0 Å². The molecular formula is C18H16ClNO4S. The third kappa shape index (κ3) is 3.03. The first-order valence-electron chi connectivity index (χ1n) is 7.76. The van der Waals surface area contributed by atoms with Crippen LogP contribution in [0.5, 0.6) is 5.75 Å². The summed E-state index contributed by atoms with van der Waals surface area (Å²) in [6.07, 6.45) is 0.668. The zero-order chi connectivity index (χ0) is 18.1. The molecule has 5 nitrogen and oxygen atoms in total. The van der Waals surface area contributed by atoms with Crippen molar-refractivity contribution < 1.29 is 19.8 Å². The van der Waals surface area contributed by atoms with Gasteiger partial charge in [0.05, 0.1) is 21.5 Å². The molecular weight excluding hydrogens is 362 g/mol. The summed E-state index contributed by atoms with van der Waals surface area (Å²) in [4.78, 5) is 27.3. The molecule has 130 valence electrons. The molecule has 2 aromatic rings. The smallest absolute Gasteiger partial charge is 0.290 e. The average molecular weight is 378 g/mol. The molecule has 1 aromatic heterocycles. The third-order valence-electron chi connectivity index (χ3n) is 4.05. The molecule has 0 fully saturated rings. The minimum atomic E-state index is -0.736. The normalized spacial score (nSPS) is 17.4. The molecule has 0 saturated carbocycles. The molecule has 0 saturated heterocycles. The number of aromatic hydroxyl groups is 1. The highest BCUT2D eigenvalue weighted by Crippen LogP contribution is 2.41. The van der Waals surface area contributed by atoms with E-state index in [0.29, 0.717) is 23.4 Å². The zero-order valence-electron chi connectivity index (χ0n) is 13.4. The Hall–Kier alpha value is -2.31. The van der Waals surface area contributed by atoms with E-state index in [1.54, 1.807) is 23.6 Å². The van der Waals surface area contributed by atoms with Crippen LogP contribution in [0, 0.1) is 0 Å². The Morgan fingerprint density at radius 3 is 2.68 bits per heavy atom. The number of hydrogen-bond donors (Lipinski definition) is 2. The molecule has 1 aliphatic heterocycles. The van der Waals surface area contributed by atoms with Gasteiger partial charge in [0.1, 0.15) is 5.75 Å². The fourth-order valence-corrected chi connectivity index (χ4v) is 3.80. The molecule has 1 amide bonds. The van der Waals surface area contributed by atoms with Crippen LogP contribution < -0.4 is 0 Å². The lowest BCUT2D eigenvalue weighted by Gasteiger charge is -2.26. The van der Waals surface area contributed by atoms with Crippen molar-refractivity contribution in [3.63, 3.8) is 0 Å². The second-order valence-corrected chi connectivity index (χ2v) is 7.04. The van der Waals surface area contributed by atoms with E-state index in [-0.39, 0.29) is 22.1 Å². The van der Waals surface area contributed by atoms with Crippen LogP contribution in [0.2, 0.25) is 5.02 Å². The summed E-state index contributed by atoms with van der Waals surface area (Å²) in [6.45, 7) is 2.29. The van der Waals surface area contributed by atoms with Gasteiger partial charge in [-0.1, -0.05) is 30.7 Å². The largest absolute Gasteiger partial charge is 0.506 e. The molecule has 0 radical (unpaired) electrons. The molecule has 2 N–H and O–H groups in total. The van der Waals surface area contributed by atoms with Crippen LogP contribution in [-0.4, -0.2) is 33.3 Å². The SMILES string of the molecule is CCCN1C(=O)C(O)=C(C(=O)c2cccs2)C1c1ccc(O)c(Cl)c1. The number of amides is 1. The van der Waals surface area contributed by atoms with Crippen LogP contribution >= 0.6 is 22.9 Å². The summed E-state index contributed by atoms with van der Waals surface area (Å²) < 4.78 is 0. The van der Waals surface area contributed by atoms with Crippen LogP contribution in [0.15, 0.2) is 47.0 Å². The lowest BCUT2D eigenvalue weighted by atomic mass is 9.95. The first kappa shape index (κ1) is 17.5. The highest BCUT2D eigenvalue weighted by molar-refractivity contribution is 7.12. The van der Waals surface area contributed by atoms with E-state index < -0.39 is 17.7 Å². The van der Waals surface area contributed by atoms with Gasteiger partial charge in [0.2, 0.25) is 5.78 Å². The van der Waals surface area contributed by atoms with Crippen molar-refractivity contribution in [1.29, 1.82) is 0 Å². The highest BCUT2D eigenvalue weighted by Gasteiger charge is 2.43. The Morgan fingerprint density at radius 1 is 1.32 bits per heavy atom. The number of phenols is 1. The van der Waals surface area contributed by atoms with Crippen molar-refractivity contribution in [3.05, 3.63) is 62.5 Å². The van der Waals surface area contributed by atoms with Crippen LogP contribution in [0.25, 0.3) is 0 Å². The molecule has 1 atom stereocenters. The number of halogens is 1. The van der Waals surface area contributed by atoms with Gasteiger partial charge in [0, 0.05) is 6.54 Å². The number of Topliss-reactive ketones (excluding diaryl/α,β-unsaturated/α-hetero) is 1. The Bertz CT molecular complexity index is 860. The van der Waals surface area contributed by atoms with E-state index in [1.165, 1.54) is 28.4 Å². The highest BCUT2D eigenvalue weighted by atomic mass is 35.5. The standard InChI is InChI=1S/C18H16ClNO4S/c1-2-7-20-15(10-5-6-12(21)11(19)9-10)14(17(23)18(20)24)16(22)13-4-3-8-25-13/h3-6,8-9,15,21,23H,2,7H2,1H3. The van der Waals surface area contributed by atoms with Gasteiger partial charge in [-0.05, 0) is 35.6 Å². The number of benzene rings is 1. The predicted octanol–water partition coefficient (Wildman–Crippen LogP) is 4.10. The van der Waals surface area contributed by atoms with Gasteiger partial charge >= 0.3 is 0 Å². The number of phenolic OH excluding ortho intramolecular Hbond substituents is 1. The number of thiophene rings is 1. The van der Waals surface area contributed by atoms with E-state index in [9.17, 15) is 19.8 Å². The molecule has 0 aliphatic carbocycles. The van der Waals surface area contributed by atoms with Gasteiger partial charge < -0.3 is 15.1 Å². The summed E-state index contributed by atoms with van der Waals surface area (Å²) in [5, 5.41) is 21.9. The van der Waals surface area contributed by atoms with Gasteiger partial charge in [-0.15, -0.1) is 11.3 Å². The van der Waals surface area contributed by atoms with Crippen molar-refractivity contribution >= 4 is 34.6 Å². The van der Waals surface area contributed by atoms with Gasteiger partial charge in [-0.25, -0.2) is 0 Å². The molecule has 1 aromatic carbocycles. The van der Waals surface area contributed by atoms with Gasteiger partial charge in [-0.3, -0.25) is 9.59 Å². The Labute approximate surface area is 153 Å². The first-order valence-corrected chi connectivity index (χ1v) is 9.02. The molecule has 25 heavy (non-hydrogen) atoms. The summed E-state index contributed by atoms with van der Waals surface area (Å²) in [5.74, 6) is -1.57. The number of rotatable bonds is 5. The summed E-state index contributed by atoms with van der Waals surface area (Å²) >= 11 is 7.25. The van der Waals surface area contributed by atoms with E-state index in [1.807, 2.05) is 6.92 Å². The van der Waals surface area contributed by atoms with Crippen LogP contribution in [-0.2, 0) is 4.79 Å². The predicted molar refractivity (Wildman–Crippen MR) is 96.2 cm³/mol. The Morgan fingerprint density at radius 2 is 2.08 bits per heavy atom. The molecule has 3 rings (SSSR count). The maximum absolute atomic E-state index is 12.9. The van der Waals surface area contributed by atoms with Crippen LogP contribution in [0.1, 0.15) is 34.6 Å². The van der Waals surface area contributed by atoms with Gasteiger partial charge in [-0.2, -0.15) is 0 Å². The fourth-order valence-electron chi connectivity index (χ4n) is 2.94. The molecule has 0 spiro atoms. The Balaban J connectivity index is 2.13. The number of nitrogens with zero attached hydrogens (tertiary/aromatic N) is 1. The third-order valence-corrected chi connectivity index (χ3v) is 5.22. The lowest BCUT2D eigenvalue weighted by molar-refractivity contribution is -0.129. The summed E-state index contributed by atoms with van der Waals surface area (Å²) in [7, 11) is 0. The van der Waals surface area contributed by atoms with Gasteiger partial charge in [0.25, 0.3) is 5.91 Å². The van der Waals surface area contributed by atoms with Crippen molar-refractivity contribution in [1.82, 2.24) is 4.90 Å². The van der Waals surface area contributed by atoms with E-state index >= 15 is 0 Å². The molecule has 1 aliphatic rings. The van der Waals surface area contributed by atoms with Crippen molar-refractivity contribution in [3.8, 4) is 5.75 Å². The summed E-state index contributed by atoms with van der Waals surface area (Å²) in [6, 6.07) is 7.18. The van der Waals surface area contributed by atoms with Crippen molar-refractivity contribution in [2.45, 2.75) is 19.4 Å². The summed E-state index contributed by atoms with van der Waals surface area (Å²) in [5.41, 5.74) is 0.608. The van der Waals surface area contributed by atoms with Crippen LogP contribution in [0.3, 0.4) is 0 Å². The molecule has 1 unspecified atom stereocenters. The number of hydrogen-bond acceptors (Lipinski definition) is 5. The first-order chi connectivity index (χ1) is 12.0. The minimum Gasteiger partial charge on any atom is -0.506 e. The van der Waals surface area contributed by atoms with Crippen molar-refractivity contribution in [2.75, 3.05) is 6.54 Å². The Kier molecular flexibility index (Phi) is 4.83. The quantitative estimate of drug-likeness (QED) is 0.769. The number of aliphatic hydroxyl groups excluding tert-OH is 1. The van der Waals surface area contributed by atoms with E-state index in [0.717, 1.165) is 0 Å². The average Bonchev–Trinajstić information content (AvgIpc) is 3.20. The molecule has 2 heterocycles. The number of aliphatic hydroxyl groups is 1. The van der Waals surface area contributed by atoms with Crippen molar-refractivity contribution in [2.24, 2.45) is 0 Å². The maximum atomic E-state index is 12.9. The van der Waals surface area contributed by atoms with Crippen LogP contribution in [0.4, 0.5) is 0 Å². The second-order valence-electron chi connectivity index (χ2n) is 5.68. The number of ketones is 1. The molecule has 0 bridgehead atoms. The molecule has 7 heteroatoms. The fraction of sp³-hybridized carbons (Fsp3) is 0.222. The topological polar surface area (TPSA) is 77.8 Å². The monoisotopic (exact) mass is 377 g/mol.